The zero-order valence-corrected chi connectivity index (χ0v) is 16.3. The monoisotopic (exact) mass is 418 g/mol. The SMILES string of the molecule is Cc1ccc(COc2nsc(NC(=O)NCCc3cnc[nH]3)c2C(N)=O)c(F)c1. The topological polar surface area (TPSA) is 135 Å². The Morgan fingerprint density at radius 1 is 1.38 bits per heavy atom. The predicted octanol–water partition coefficient (Wildman–Crippen LogP) is 2.36. The number of hydrogen-bond acceptors (Lipinski definition) is 6. The number of primary amides is 1. The van der Waals surface area contributed by atoms with Gasteiger partial charge < -0.3 is 20.8 Å². The Kier molecular flexibility index (Phi) is 6.39. The highest BCUT2D eigenvalue weighted by Crippen LogP contribution is 2.30. The Labute approximate surface area is 169 Å². The number of carbonyl (C=O) groups is 2. The van der Waals surface area contributed by atoms with Gasteiger partial charge in [-0.3, -0.25) is 10.1 Å². The summed E-state index contributed by atoms with van der Waals surface area (Å²) >= 11 is 0.848. The Morgan fingerprint density at radius 3 is 2.90 bits per heavy atom. The van der Waals surface area contributed by atoms with Crippen LogP contribution in [0, 0.1) is 12.7 Å². The van der Waals surface area contributed by atoms with Crippen LogP contribution < -0.4 is 21.1 Å². The van der Waals surface area contributed by atoms with Gasteiger partial charge in [-0.2, -0.15) is 4.37 Å². The van der Waals surface area contributed by atoms with Crippen molar-refractivity contribution in [1.82, 2.24) is 19.7 Å². The summed E-state index contributed by atoms with van der Waals surface area (Å²) in [6.45, 7) is 2.00. The number of nitrogens with zero attached hydrogens (tertiary/aromatic N) is 2. The number of aromatic amines is 1. The van der Waals surface area contributed by atoms with Crippen LogP contribution in [0.5, 0.6) is 5.88 Å². The van der Waals surface area contributed by atoms with Gasteiger partial charge >= 0.3 is 6.03 Å². The first-order valence-corrected chi connectivity index (χ1v) is 9.40. The Balaban J connectivity index is 1.61. The van der Waals surface area contributed by atoms with E-state index in [-0.39, 0.29) is 23.1 Å². The minimum Gasteiger partial charge on any atom is -0.471 e. The van der Waals surface area contributed by atoms with Crippen LogP contribution in [0.1, 0.15) is 27.2 Å². The number of rotatable bonds is 8. The molecule has 0 unspecified atom stereocenters. The number of H-pyrrole nitrogens is 1. The molecule has 152 valence electrons. The fourth-order valence-corrected chi connectivity index (χ4v) is 3.21. The summed E-state index contributed by atoms with van der Waals surface area (Å²) in [5.74, 6) is -1.29. The lowest BCUT2D eigenvalue weighted by Gasteiger charge is -2.08. The summed E-state index contributed by atoms with van der Waals surface area (Å²) < 4.78 is 23.4. The normalized spacial score (nSPS) is 10.6. The van der Waals surface area contributed by atoms with Gasteiger partial charge in [0.1, 0.15) is 23.0 Å². The standard InChI is InChI=1S/C18H19FN6O3S/c1-10-2-3-11(13(19)6-10)8-28-16-14(15(20)26)17(29-25-16)24-18(27)22-5-4-12-7-21-9-23-12/h2-3,6-7,9H,4-5,8H2,1H3,(H2,20,26)(H,21,23)(H2,22,24,27). The first-order chi connectivity index (χ1) is 13.9. The van der Waals surface area contributed by atoms with Crippen molar-refractivity contribution in [2.45, 2.75) is 20.0 Å². The van der Waals surface area contributed by atoms with Crippen molar-refractivity contribution >= 4 is 28.5 Å². The van der Waals surface area contributed by atoms with E-state index >= 15 is 0 Å². The van der Waals surface area contributed by atoms with Crippen LogP contribution in [0.4, 0.5) is 14.2 Å². The van der Waals surface area contributed by atoms with Gasteiger partial charge in [-0.05, 0) is 30.1 Å². The number of halogens is 1. The zero-order valence-electron chi connectivity index (χ0n) is 15.5. The van der Waals surface area contributed by atoms with E-state index in [9.17, 15) is 14.0 Å². The molecule has 3 aromatic rings. The number of carbonyl (C=O) groups excluding carboxylic acids is 2. The second-order valence-electron chi connectivity index (χ2n) is 6.15. The molecule has 0 bridgehead atoms. The summed E-state index contributed by atoms with van der Waals surface area (Å²) in [5.41, 5.74) is 7.31. The van der Waals surface area contributed by atoms with E-state index in [1.807, 2.05) is 0 Å². The van der Waals surface area contributed by atoms with Crippen molar-refractivity contribution < 1.29 is 18.7 Å². The maximum atomic E-state index is 13.9. The number of aryl methyl sites for hydroxylation is 1. The lowest BCUT2D eigenvalue weighted by Crippen LogP contribution is -2.31. The van der Waals surface area contributed by atoms with Gasteiger partial charge in [-0.15, -0.1) is 0 Å². The van der Waals surface area contributed by atoms with Gasteiger partial charge in [0, 0.05) is 30.4 Å². The van der Waals surface area contributed by atoms with Gasteiger partial charge in [0.15, 0.2) is 0 Å². The average molecular weight is 418 g/mol. The minimum atomic E-state index is -0.814. The summed E-state index contributed by atoms with van der Waals surface area (Å²) in [6.07, 6.45) is 3.78. The Bertz CT molecular complexity index is 1010. The van der Waals surface area contributed by atoms with Crippen molar-refractivity contribution in [3.63, 3.8) is 0 Å². The summed E-state index contributed by atoms with van der Waals surface area (Å²) in [4.78, 5) is 30.7. The molecule has 0 spiro atoms. The zero-order chi connectivity index (χ0) is 20.8. The highest BCUT2D eigenvalue weighted by Gasteiger charge is 2.22. The molecular formula is C18H19FN6O3S. The molecule has 0 fully saturated rings. The number of nitrogens with one attached hydrogen (secondary N) is 3. The van der Waals surface area contributed by atoms with Gasteiger partial charge in [0.2, 0.25) is 5.88 Å². The fourth-order valence-electron chi connectivity index (χ4n) is 2.47. The van der Waals surface area contributed by atoms with Gasteiger partial charge in [0.25, 0.3) is 5.91 Å². The second kappa shape index (κ2) is 9.15. The van der Waals surface area contributed by atoms with Crippen LogP contribution in [0.3, 0.4) is 0 Å². The van der Waals surface area contributed by atoms with E-state index in [2.05, 4.69) is 25.0 Å². The van der Waals surface area contributed by atoms with Crippen LogP contribution in [-0.2, 0) is 13.0 Å². The molecule has 0 radical (unpaired) electrons. The maximum Gasteiger partial charge on any atom is 0.319 e. The molecule has 9 nitrogen and oxygen atoms in total. The molecule has 29 heavy (non-hydrogen) atoms. The number of aromatic nitrogens is 3. The molecule has 11 heteroatoms. The lowest BCUT2D eigenvalue weighted by molar-refractivity contribution is 0.0996. The van der Waals surface area contributed by atoms with E-state index in [1.165, 1.54) is 6.07 Å². The minimum absolute atomic E-state index is 0.0600. The van der Waals surface area contributed by atoms with E-state index in [1.54, 1.807) is 31.6 Å². The Morgan fingerprint density at radius 2 is 2.21 bits per heavy atom. The fraction of sp³-hybridized carbons (Fsp3) is 0.222. The molecule has 0 aliphatic rings. The molecule has 1 aromatic carbocycles. The number of urea groups is 1. The van der Waals surface area contributed by atoms with Crippen LogP contribution in [0.2, 0.25) is 0 Å². The largest absolute Gasteiger partial charge is 0.471 e. The number of nitrogens with two attached hydrogens (primary N) is 1. The third-order valence-corrected chi connectivity index (χ3v) is 4.69. The average Bonchev–Trinajstić information content (AvgIpc) is 3.31. The number of hydrogen-bond donors (Lipinski definition) is 4. The first kappa shape index (κ1) is 20.3. The molecule has 3 rings (SSSR count). The maximum absolute atomic E-state index is 13.9. The number of imidazole rings is 1. The summed E-state index contributed by atoms with van der Waals surface area (Å²) in [6, 6.07) is 4.20. The smallest absolute Gasteiger partial charge is 0.319 e. The van der Waals surface area contributed by atoms with E-state index in [0.29, 0.717) is 18.5 Å². The molecule has 5 N–H and O–H groups in total. The Hall–Kier alpha value is -3.47. The highest BCUT2D eigenvalue weighted by molar-refractivity contribution is 7.11. The van der Waals surface area contributed by atoms with Crippen molar-refractivity contribution in [2.75, 3.05) is 11.9 Å². The molecular weight excluding hydrogens is 399 g/mol. The molecule has 0 saturated heterocycles. The molecule has 0 saturated carbocycles. The second-order valence-corrected chi connectivity index (χ2v) is 6.92. The highest BCUT2D eigenvalue weighted by atomic mass is 32.1. The third kappa shape index (κ3) is 5.29. The summed E-state index contributed by atoms with van der Waals surface area (Å²) in [5, 5.41) is 5.34. The van der Waals surface area contributed by atoms with Crippen LogP contribution in [0.25, 0.3) is 0 Å². The van der Waals surface area contributed by atoms with Crippen molar-refractivity contribution in [3.8, 4) is 5.88 Å². The van der Waals surface area contributed by atoms with E-state index in [4.69, 9.17) is 10.5 Å². The van der Waals surface area contributed by atoms with Crippen LogP contribution >= 0.6 is 11.5 Å². The van der Waals surface area contributed by atoms with Crippen LogP contribution in [0.15, 0.2) is 30.7 Å². The molecule has 0 aliphatic carbocycles. The molecule has 3 amide bonds. The molecule has 0 atom stereocenters. The van der Waals surface area contributed by atoms with Crippen molar-refractivity contribution in [2.24, 2.45) is 5.73 Å². The predicted molar refractivity (Wildman–Crippen MR) is 105 cm³/mol. The van der Waals surface area contributed by atoms with E-state index in [0.717, 1.165) is 22.8 Å². The lowest BCUT2D eigenvalue weighted by atomic mass is 10.1. The van der Waals surface area contributed by atoms with Crippen LogP contribution in [-0.4, -0.2) is 32.8 Å². The first-order valence-electron chi connectivity index (χ1n) is 8.63. The van der Waals surface area contributed by atoms with Gasteiger partial charge in [-0.25, -0.2) is 14.2 Å². The van der Waals surface area contributed by atoms with Crippen molar-refractivity contribution in [3.05, 3.63) is 58.9 Å². The van der Waals surface area contributed by atoms with Gasteiger partial charge in [0.05, 0.1) is 6.33 Å². The number of ether oxygens (including phenoxy) is 1. The summed E-state index contributed by atoms with van der Waals surface area (Å²) in [7, 11) is 0. The number of amides is 3. The molecule has 2 heterocycles. The number of anilines is 1. The molecule has 2 aromatic heterocycles. The van der Waals surface area contributed by atoms with Gasteiger partial charge in [-0.1, -0.05) is 12.1 Å². The quantitative estimate of drug-likeness (QED) is 0.445. The van der Waals surface area contributed by atoms with Crippen molar-refractivity contribution in [1.29, 1.82) is 0 Å². The third-order valence-electron chi connectivity index (χ3n) is 3.94. The molecule has 0 aliphatic heterocycles. The van der Waals surface area contributed by atoms with E-state index < -0.39 is 17.8 Å². The number of benzene rings is 1.